The van der Waals surface area contributed by atoms with Crippen molar-refractivity contribution in [1.29, 1.82) is 0 Å². The topological polar surface area (TPSA) is 73.9 Å². The van der Waals surface area contributed by atoms with Crippen molar-refractivity contribution < 1.29 is 32.6 Å². The number of carbonyl (C=O) groups excluding carboxylic acids is 2. The number of carbonyl (C=O) groups is 2. The second-order valence-electron chi connectivity index (χ2n) is 5.77. The molecule has 0 saturated carbocycles. The molecule has 150 valence electrons. The van der Waals surface area contributed by atoms with E-state index in [-0.39, 0.29) is 18.8 Å². The molecule has 6 nitrogen and oxygen atoms in total. The van der Waals surface area contributed by atoms with Crippen LogP contribution >= 0.6 is 0 Å². The van der Waals surface area contributed by atoms with Crippen LogP contribution in [-0.2, 0) is 14.3 Å². The Morgan fingerprint density at radius 2 is 1.93 bits per heavy atom. The minimum Gasteiger partial charge on any atom is -0.497 e. The lowest BCUT2D eigenvalue weighted by atomic mass is 10.0. The van der Waals surface area contributed by atoms with Gasteiger partial charge in [0.25, 0.3) is 5.91 Å². The van der Waals surface area contributed by atoms with E-state index in [4.69, 9.17) is 14.2 Å². The third-order valence-electron chi connectivity index (χ3n) is 3.76. The molecule has 0 aromatic heterocycles. The van der Waals surface area contributed by atoms with Gasteiger partial charge in [0, 0.05) is 6.07 Å². The van der Waals surface area contributed by atoms with Crippen LogP contribution in [0.4, 0.5) is 8.78 Å². The molecule has 1 unspecified atom stereocenters. The van der Waals surface area contributed by atoms with Crippen LogP contribution in [0, 0.1) is 11.6 Å². The quantitative estimate of drug-likeness (QED) is 0.663. The van der Waals surface area contributed by atoms with E-state index >= 15 is 0 Å². The van der Waals surface area contributed by atoms with Crippen molar-refractivity contribution in [3.05, 3.63) is 59.7 Å². The lowest BCUT2D eigenvalue weighted by Gasteiger charge is -2.19. The minimum atomic E-state index is -0.913. The standard InChI is InChI=1S/C20H21F2NO5/c1-3-27-20(25)11-17(13-5-4-6-15(9-13)26-2)23-19(24)12-28-18-8-7-14(21)10-16(18)22/h4-10,17H,3,11-12H2,1-2H3,(H,23,24). The lowest BCUT2D eigenvalue weighted by Crippen LogP contribution is -2.34. The molecule has 0 fully saturated rings. The van der Waals surface area contributed by atoms with Crippen molar-refractivity contribution in [3.8, 4) is 11.5 Å². The fourth-order valence-electron chi connectivity index (χ4n) is 2.47. The Kier molecular flexibility index (Phi) is 7.74. The molecule has 8 heteroatoms. The first-order chi connectivity index (χ1) is 13.4. The van der Waals surface area contributed by atoms with Crippen LogP contribution < -0.4 is 14.8 Å². The third-order valence-corrected chi connectivity index (χ3v) is 3.76. The molecule has 1 amide bonds. The maximum absolute atomic E-state index is 13.6. The highest BCUT2D eigenvalue weighted by Gasteiger charge is 2.20. The van der Waals surface area contributed by atoms with Crippen LogP contribution in [-0.4, -0.2) is 32.2 Å². The van der Waals surface area contributed by atoms with Crippen molar-refractivity contribution in [2.75, 3.05) is 20.3 Å². The van der Waals surface area contributed by atoms with Crippen LogP contribution in [0.1, 0.15) is 24.9 Å². The number of rotatable bonds is 9. The average molecular weight is 393 g/mol. The van der Waals surface area contributed by atoms with Gasteiger partial charge in [0.1, 0.15) is 11.6 Å². The summed E-state index contributed by atoms with van der Waals surface area (Å²) in [5.74, 6) is -2.42. The first-order valence-corrected chi connectivity index (χ1v) is 8.59. The summed E-state index contributed by atoms with van der Waals surface area (Å²) >= 11 is 0. The summed E-state index contributed by atoms with van der Waals surface area (Å²) < 4.78 is 41.7. The first kappa shape index (κ1) is 21.1. The third kappa shape index (κ3) is 6.22. The number of amides is 1. The number of ether oxygens (including phenoxy) is 3. The predicted molar refractivity (Wildman–Crippen MR) is 97.0 cm³/mol. The Balaban J connectivity index is 2.07. The normalized spacial score (nSPS) is 11.4. The summed E-state index contributed by atoms with van der Waals surface area (Å²) in [5.41, 5.74) is 0.633. The minimum absolute atomic E-state index is 0.0995. The molecule has 2 aromatic rings. The SMILES string of the molecule is CCOC(=O)CC(NC(=O)COc1ccc(F)cc1F)c1cccc(OC)c1. The van der Waals surface area contributed by atoms with E-state index in [0.717, 1.165) is 12.1 Å². The fraction of sp³-hybridized carbons (Fsp3) is 0.300. The van der Waals surface area contributed by atoms with E-state index in [9.17, 15) is 18.4 Å². The molecule has 1 N–H and O–H groups in total. The molecule has 0 saturated heterocycles. The van der Waals surface area contributed by atoms with E-state index in [2.05, 4.69) is 5.32 Å². The molecular formula is C20H21F2NO5. The van der Waals surface area contributed by atoms with Crippen LogP contribution in [0.3, 0.4) is 0 Å². The van der Waals surface area contributed by atoms with E-state index in [1.165, 1.54) is 7.11 Å². The van der Waals surface area contributed by atoms with Gasteiger partial charge in [-0.2, -0.15) is 0 Å². The van der Waals surface area contributed by atoms with Crippen LogP contribution in [0.15, 0.2) is 42.5 Å². The van der Waals surface area contributed by atoms with Crippen molar-refractivity contribution in [2.24, 2.45) is 0 Å². The second kappa shape index (κ2) is 10.2. The van der Waals surface area contributed by atoms with E-state index in [1.807, 2.05) is 0 Å². The maximum Gasteiger partial charge on any atom is 0.308 e. The van der Waals surface area contributed by atoms with E-state index in [0.29, 0.717) is 17.4 Å². The molecule has 0 spiro atoms. The van der Waals surface area contributed by atoms with E-state index < -0.39 is 36.2 Å². The summed E-state index contributed by atoms with van der Waals surface area (Å²) in [5, 5.41) is 2.66. The van der Waals surface area contributed by atoms with Crippen LogP contribution in [0.25, 0.3) is 0 Å². The summed E-state index contributed by atoms with van der Waals surface area (Å²) in [6, 6.07) is 8.95. The number of hydrogen-bond donors (Lipinski definition) is 1. The van der Waals surface area contributed by atoms with Gasteiger partial charge in [-0.05, 0) is 36.8 Å². The number of hydrogen-bond acceptors (Lipinski definition) is 5. The van der Waals surface area contributed by atoms with Crippen LogP contribution in [0.2, 0.25) is 0 Å². The predicted octanol–water partition coefficient (Wildman–Crippen LogP) is 3.16. The molecule has 0 aliphatic carbocycles. The van der Waals surface area contributed by atoms with Crippen molar-refractivity contribution in [2.45, 2.75) is 19.4 Å². The Morgan fingerprint density at radius 1 is 1.14 bits per heavy atom. The summed E-state index contributed by atoms with van der Waals surface area (Å²) in [6.07, 6.45) is -0.0995. The van der Waals surface area contributed by atoms with Gasteiger partial charge in [-0.25, -0.2) is 8.78 Å². The van der Waals surface area contributed by atoms with Crippen molar-refractivity contribution in [1.82, 2.24) is 5.32 Å². The zero-order chi connectivity index (χ0) is 20.5. The molecule has 28 heavy (non-hydrogen) atoms. The van der Waals surface area contributed by atoms with Gasteiger partial charge in [-0.3, -0.25) is 9.59 Å². The number of esters is 1. The smallest absolute Gasteiger partial charge is 0.308 e. The lowest BCUT2D eigenvalue weighted by molar-refractivity contribution is -0.143. The molecule has 2 aromatic carbocycles. The van der Waals surface area contributed by atoms with Gasteiger partial charge in [0.2, 0.25) is 0 Å². The molecule has 0 aliphatic heterocycles. The molecule has 0 heterocycles. The number of nitrogens with one attached hydrogen (secondary N) is 1. The molecular weight excluding hydrogens is 372 g/mol. The van der Waals surface area contributed by atoms with Gasteiger partial charge >= 0.3 is 5.97 Å². The summed E-state index contributed by atoms with van der Waals surface area (Å²) in [4.78, 5) is 24.2. The van der Waals surface area contributed by atoms with Gasteiger partial charge in [0.15, 0.2) is 18.2 Å². The maximum atomic E-state index is 13.6. The van der Waals surface area contributed by atoms with Gasteiger partial charge in [-0.1, -0.05) is 12.1 Å². The highest BCUT2D eigenvalue weighted by atomic mass is 19.1. The Hall–Kier alpha value is -3.16. The Bertz CT molecular complexity index is 828. The number of benzene rings is 2. The number of methoxy groups -OCH3 is 1. The van der Waals surface area contributed by atoms with Crippen molar-refractivity contribution in [3.63, 3.8) is 0 Å². The average Bonchev–Trinajstić information content (AvgIpc) is 2.67. The molecule has 0 radical (unpaired) electrons. The van der Waals surface area contributed by atoms with Gasteiger partial charge in [0.05, 0.1) is 26.2 Å². The van der Waals surface area contributed by atoms with Gasteiger partial charge in [-0.15, -0.1) is 0 Å². The van der Waals surface area contributed by atoms with E-state index in [1.54, 1.807) is 31.2 Å². The summed E-state index contributed by atoms with van der Waals surface area (Å²) in [6.45, 7) is 1.39. The molecule has 2 rings (SSSR count). The molecule has 0 bridgehead atoms. The largest absolute Gasteiger partial charge is 0.497 e. The Labute approximate surface area is 161 Å². The zero-order valence-corrected chi connectivity index (χ0v) is 15.5. The Morgan fingerprint density at radius 3 is 2.61 bits per heavy atom. The van der Waals surface area contributed by atoms with Gasteiger partial charge < -0.3 is 19.5 Å². The highest BCUT2D eigenvalue weighted by molar-refractivity contribution is 5.79. The second-order valence-corrected chi connectivity index (χ2v) is 5.77. The monoisotopic (exact) mass is 393 g/mol. The zero-order valence-electron chi connectivity index (χ0n) is 15.5. The number of halogens is 2. The fourth-order valence-corrected chi connectivity index (χ4v) is 2.47. The highest BCUT2D eigenvalue weighted by Crippen LogP contribution is 2.22. The van der Waals surface area contributed by atoms with Crippen LogP contribution in [0.5, 0.6) is 11.5 Å². The first-order valence-electron chi connectivity index (χ1n) is 8.59. The van der Waals surface area contributed by atoms with Crippen molar-refractivity contribution >= 4 is 11.9 Å². The molecule has 1 atom stereocenters. The summed E-state index contributed by atoms with van der Waals surface area (Å²) in [7, 11) is 1.50. The molecule has 0 aliphatic rings.